The van der Waals surface area contributed by atoms with Crippen molar-refractivity contribution in [3.05, 3.63) is 48.2 Å². The van der Waals surface area contributed by atoms with E-state index in [2.05, 4.69) is 31.0 Å². The third-order valence-electron chi connectivity index (χ3n) is 6.07. The molecule has 188 valence electrons. The van der Waals surface area contributed by atoms with E-state index in [1.54, 1.807) is 36.1 Å². The molecule has 0 saturated heterocycles. The van der Waals surface area contributed by atoms with Crippen LogP contribution in [-0.2, 0) is 0 Å². The molecular formula is C24H27FN8O3. The van der Waals surface area contributed by atoms with E-state index in [0.717, 1.165) is 25.3 Å². The van der Waals surface area contributed by atoms with Gasteiger partial charge in [0.1, 0.15) is 11.8 Å². The number of carboxylic acid groups (broad SMARTS) is 1. The van der Waals surface area contributed by atoms with Crippen LogP contribution >= 0.6 is 0 Å². The minimum atomic E-state index is -1.15. The molecule has 0 radical (unpaired) electrons. The number of aromatic nitrogens is 4. The predicted octanol–water partition coefficient (Wildman–Crippen LogP) is 4.05. The SMILES string of the molecule is CCOc1ncc(Nc2nc(N[C@@H](C3CCC3)[C@H](C)NC(=O)O)c(F)cc2C#N)cc1-n1cccn1. The maximum Gasteiger partial charge on any atom is 0.404 e. The molecule has 3 aromatic rings. The van der Waals surface area contributed by atoms with Gasteiger partial charge in [0, 0.05) is 18.4 Å². The summed E-state index contributed by atoms with van der Waals surface area (Å²) in [6.07, 6.45) is 6.58. The number of nitrogens with one attached hydrogen (secondary N) is 3. The quantitative estimate of drug-likeness (QED) is 0.327. The van der Waals surface area contributed by atoms with Gasteiger partial charge in [0.2, 0.25) is 5.88 Å². The van der Waals surface area contributed by atoms with Gasteiger partial charge in [0.05, 0.1) is 30.1 Å². The zero-order chi connectivity index (χ0) is 25.7. The summed E-state index contributed by atoms with van der Waals surface area (Å²) in [6, 6.07) is 5.72. The Morgan fingerprint density at radius 2 is 2.19 bits per heavy atom. The van der Waals surface area contributed by atoms with Crippen LogP contribution in [0.15, 0.2) is 36.8 Å². The van der Waals surface area contributed by atoms with Crippen LogP contribution in [0.25, 0.3) is 5.69 Å². The zero-order valence-electron chi connectivity index (χ0n) is 19.9. The molecule has 0 unspecified atom stereocenters. The Bertz CT molecular complexity index is 1260. The van der Waals surface area contributed by atoms with Crippen molar-refractivity contribution in [2.45, 2.75) is 45.2 Å². The first-order chi connectivity index (χ1) is 17.4. The molecule has 1 saturated carbocycles. The highest BCUT2D eigenvalue weighted by Gasteiger charge is 2.33. The summed E-state index contributed by atoms with van der Waals surface area (Å²) in [4.78, 5) is 19.9. The molecular weight excluding hydrogens is 467 g/mol. The lowest BCUT2D eigenvalue weighted by atomic mass is 9.77. The molecule has 0 aliphatic heterocycles. The largest absolute Gasteiger partial charge is 0.476 e. The van der Waals surface area contributed by atoms with E-state index in [9.17, 15) is 14.4 Å². The van der Waals surface area contributed by atoms with Crippen molar-refractivity contribution < 1.29 is 19.0 Å². The highest BCUT2D eigenvalue weighted by atomic mass is 19.1. The van der Waals surface area contributed by atoms with E-state index in [1.807, 2.05) is 13.0 Å². The topological polar surface area (TPSA) is 150 Å². The number of rotatable bonds is 10. The number of pyridine rings is 2. The van der Waals surface area contributed by atoms with Gasteiger partial charge in [-0.05, 0) is 50.8 Å². The molecule has 1 amide bonds. The normalized spacial score (nSPS) is 14.7. The maximum atomic E-state index is 14.9. The van der Waals surface area contributed by atoms with Crippen LogP contribution in [0, 0.1) is 23.1 Å². The molecule has 4 N–H and O–H groups in total. The van der Waals surface area contributed by atoms with Crippen molar-refractivity contribution in [2.75, 3.05) is 17.2 Å². The molecule has 3 aromatic heterocycles. The Hall–Kier alpha value is -4.40. The van der Waals surface area contributed by atoms with Gasteiger partial charge in [0.25, 0.3) is 0 Å². The second-order valence-electron chi connectivity index (χ2n) is 8.48. The summed E-state index contributed by atoms with van der Waals surface area (Å²) in [7, 11) is 0. The first-order valence-corrected chi connectivity index (χ1v) is 11.7. The lowest BCUT2D eigenvalue weighted by Crippen LogP contribution is -2.50. The monoisotopic (exact) mass is 494 g/mol. The number of nitriles is 1. The minimum absolute atomic E-state index is 0.00415. The molecule has 1 aliphatic carbocycles. The fraction of sp³-hybridized carbons (Fsp3) is 0.375. The molecule has 0 bridgehead atoms. The molecule has 12 heteroatoms. The van der Waals surface area contributed by atoms with Crippen LogP contribution < -0.4 is 20.7 Å². The second kappa shape index (κ2) is 10.9. The zero-order valence-corrected chi connectivity index (χ0v) is 19.9. The highest BCUT2D eigenvalue weighted by Crippen LogP contribution is 2.34. The number of halogens is 1. The van der Waals surface area contributed by atoms with Crippen molar-refractivity contribution >= 4 is 23.4 Å². The van der Waals surface area contributed by atoms with Crippen LogP contribution in [0.2, 0.25) is 0 Å². The first kappa shape index (κ1) is 24.7. The molecule has 1 aliphatic rings. The molecule has 1 fully saturated rings. The number of anilines is 3. The number of nitrogens with zero attached hydrogens (tertiary/aromatic N) is 5. The lowest BCUT2D eigenvalue weighted by molar-refractivity contribution is 0.180. The van der Waals surface area contributed by atoms with Gasteiger partial charge in [0.15, 0.2) is 17.5 Å². The summed E-state index contributed by atoms with van der Waals surface area (Å²) in [6.45, 7) is 3.99. The van der Waals surface area contributed by atoms with E-state index in [0.29, 0.717) is 23.9 Å². The summed E-state index contributed by atoms with van der Waals surface area (Å²) in [5.74, 6) is -0.0911. The van der Waals surface area contributed by atoms with Crippen LogP contribution in [0.1, 0.15) is 38.7 Å². The fourth-order valence-corrected chi connectivity index (χ4v) is 4.13. The predicted molar refractivity (Wildman–Crippen MR) is 130 cm³/mol. The Morgan fingerprint density at radius 3 is 2.81 bits per heavy atom. The van der Waals surface area contributed by atoms with Crippen LogP contribution in [0.5, 0.6) is 5.88 Å². The summed E-state index contributed by atoms with van der Waals surface area (Å²) in [5.41, 5.74) is 1.07. The average molecular weight is 495 g/mol. The van der Waals surface area contributed by atoms with Crippen molar-refractivity contribution in [1.82, 2.24) is 25.1 Å². The van der Waals surface area contributed by atoms with Gasteiger partial charge >= 0.3 is 6.09 Å². The number of amides is 1. The number of hydrogen-bond donors (Lipinski definition) is 4. The standard InChI is InChI=1S/C24H27FN8O3/c1-3-36-23-19(33-9-5-8-28-33)11-17(13-27-23)30-21-16(12-26)10-18(25)22(32-21)31-20(15-6-4-7-15)14(2)29-24(34)35/h5,8-11,13-15,20,29H,3-4,6-7H2,1-2H3,(H,34,35)(H2,30,31,32)/t14-,20+/m0/s1. The Balaban J connectivity index is 1.65. The second-order valence-corrected chi connectivity index (χ2v) is 8.48. The molecule has 2 atom stereocenters. The maximum absolute atomic E-state index is 14.9. The molecule has 0 aromatic carbocycles. The van der Waals surface area contributed by atoms with Gasteiger partial charge in [-0.2, -0.15) is 10.4 Å². The van der Waals surface area contributed by atoms with E-state index >= 15 is 0 Å². The van der Waals surface area contributed by atoms with E-state index in [4.69, 9.17) is 9.84 Å². The van der Waals surface area contributed by atoms with Crippen LogP contribution in [0.3, 0.4) is 0 Å². The Morgan fingerprint density at radius 1 is 1.39 bits per heavy atom. The van der Waals surface area contributed by atoms with Crippen LogP contribution in [0.4, 0.5) is 26.5 Å². The van der Waals surface area contributed by atoms with E-state index < -0.39 is 18.0 Å². The molecule has 4 rings (SSSR count). The van der Waals surface area contributed by atoms with Crippen molar-refractivity contribution in [3.63, 3.8) is 0 Å². The number of hydrogen-bond acceptors (Lipinski definition) is 8. The fourth-order valence-electron chi connectivity index (χ4n) is 4.13. The van der Waals surface area contributed by atoms with Gasteiger partial charge in [-0.3, -0.25) is 0 Å². The van der Waals surface area contributed by atoms with Crippen molar-refractivity contribution in [1.29, 1.82) is 5.26 Å². The molecule has 36 heavy (non-hydrogen) atoms. The van der Waals surface area contributed by atoms with E-state index in [-0.39, 0.29) is 29.2 Å². The van der Waals surface area contributed by atoms with E-state index in [1.165, 1.54) is 6.20 Å². The highest BCUT2D eigenvalue weighted by molar-refractivity contribution is 5.67. The Kier molecular flexibility index (Phi) is 7.48. The van der Waals surface area contributed by atoms with Gasteiger partial charge < -0.3 is 25.8 Å². The van der Waals surface area contributed by atoms with Crippen molar-refractivity contribution in [3.8, 4) is 17.6 Å². The lowest BCUT2D eigenvalue weighted by Gasteiger charge is -2.38. The van der Waals surface area contributed by atoms with Gasteiger partial charge in [-0.15, -0.1) is 0 Å². The Labute approximate surface area is 207 Å². The molecule has 11 nitrogen and oxygen atoms in total. The minimum Gasteiger partial charge on any atom is -0.476 e. The summed E-state index contributed by atoms with van der Waals surface area (Å²) < 4.78 is 22.1. The summed E-state index contributed by atoms with van der Waals surface area (Å²) in [5, 5.41) is 31.6. The smallest absolute Gasteiger partial charge is 0.404 e. The average Bonchev–Trinajstić information content (AvgIpc) is 3.34. The number of ether oxygens (including phenoxy) is 1. The van der Waals surface area contributed by atoms with Gasteiger partial charge in [-0.25, -0.2) is 23.8 Å². The molecule has 3 heterocycles. The third kappa shape index (κ3) is 5.46. The first-order valence-electron chi connectivity index (χ1n) is 11.7. The number of carbonyl (C=O) groups is 1. The molecule has 0 spiro atoms. The third-order valence-corrected chi connectivity index (χ3v) is 6.07. The van der Waals surface area contributed by atoms with Gasteiger partial charge in [-0.1, -0.05) is 6.42 Å². The van der Waals surface area contributed by atoms with Crippen molar-refractivity contribution in [2.24, 2.45) is 5.92 Å². The van der Waals surface area contributed by atoms with Crippen LogP contribution in [-0.4, -0.2) is 49.6 Å². The summed E-state index contributed by atoms with van der Waals surface area (Å²) >= 11 is 0.